The van der Waals surface area contributed by atoms with Crippen molar-refractivity contribution in [1.82, 2.24) is 9.13 Å². The van der Waals surface area contributed by atoms with Crippen LogP contribution in [0.2, 0.25) is 0 Å². The third kappa shape index (κ3) is 4.71. The molecule has 0 saturated heterocycles. The first kappa shape index (κ1) is 23.1. The van der Waals surface area contributed by atoms with E-state index in [1.807, 2.05) is 0 Å². The number of hydrogen-bond acceptors (Lipinski definition) is 8. The summed E-state index contributed by atoms with van der Waals surface area (Å²) in [6.07, 6.45) is 0. The van der Waals surface area contributed by atoms with Crippen LogP contribution in [0.3, 0.4) is 0 Å². The van der Waals surface area contributed by atoms with Gasteiger partial charge in [0, 0.05) is 12.6 Å². The number of esters is 1. The number of nitrogens with two attached hydrogens (primary N) is 1. The van der Waals surface area contributed by atoms with Gasteiger partial charge in [0.25, 0.3) is 11.2 Å². The maximum Gasteiger partial charge on any atom is 0.345 e. The largest absolute Gasteiger partial charge is 0.453 e. The van der Waals surface area contributed by atoms with Gasteiger partial charge in [0.15, 0.2) is 6.61 Å². The number of hydrogen-bond donors (Lipinski definition) is 1. The fourth-order valence-electron chi connectivity index (χ4n) is 3.26. The number of anilines is 1. The Morgan fingerprint density at radius 2 is 1.67 bits per heavy atom. The molecule has 0 saturated carbocycles. The third-order valence-corrected chi connectivity index (χ3v) is 4.90. The molecule has 2 aromatic carbocycles. The molecule has 11 nitrogen and oxygen atoms in total. The summed E-state index contributed by atoms with van der Waals surface area (Å²) in [5, 5.41) is 11.1. The van der Waals surface area contributed by atoms with E-state index in [4.69, 9.17) is 10.5 Å². The number of nitrogens with zero attached hydrogens (tertiary/aromatic N) is 3. The van der Waals surface area contributed by atoms with Crippen LogP contribution in [0.25, 0.3) is 0 Å². The predicted octanol–water partition coefficient (Wildman–Crippen LogP) is 1.61. The Hall–Kier alpha value is -4.54. The van der Waals surface area contributed by atoms with Gasteiger partial charge in [-0.1, -0.05) is 42.5 Å². The molecule has 0 radical (unpaired) electrons. The van der Waals surface area contributed by atoms with Gasteiger partial charge in [-0.3, -0.25) is 28.8 Å². The summed E-state index contributed by atoms with van der Waals surface area (Å²) < 4.78 is 6.88. The van der Waals surface area contributed by atoms with E-state index in [2.05, 4.69) is 0 Å². The van der Waals surface area contributed by atoms with Crippen LogP contribution < -0.4 is 17.0 Å². The molecule has 33 heavy (non-hydrogen) atoms. The van der Waals surface area contributed by atoms with Gasteiger partial charge < -0.3 is 10.5 Å². The molecule has 0 unspecified atom stereocenters. The minimum absolute atomic E-state index is 0.0109. The van der Waals surface area contributed by atoms with E-state index in [1.165, 1.54) is 18.2 Å². The lowest BCUT2D eigenvalue weighted by molar-refractivity contribution is -0.385. The molecule has 0 aliphatic carbocycles. The zero-order valence-electron chi connectivity index (χ0n) is 17.6. The quantitative estimate of drug-likeness (QED) is 0.234. The van der Waals surface area contributed by atoms with Crippen molar-refractivity contribution >= 4 is 23.3 Å². The molecule has 170 valence electrons. The highest BCUT2D eigenvalue weighted by Gasteiger charge is 2.25. The number of aromatic nitrogens is 2. The van der Waals surface area contributed by atoms with Crippen molar-refractivity contribution in [3.8, 4) is 0 Å². The topological polar surface area (TPSA) is 157 Å². The molecule has 1 heterocycles. The van der Waals surface area contributed by atoms with Gasteiger partial charge in [0.05, 0.1) is 11.5 Å². The summed E-state index contributed by atoms with van der Waals surface area (Å²) >= 11 is 0. The van der Waals surface area contributed by atoms with Crippen LogP contribution in [0.4, 0.5) is 11.5 Å². The van der Waals surface area contributed by atoms with Crippen LogP contribution in [0.15, 0.2) is 64.2 Å². The van der Waals surface area contributed by atoms with Crippen molar-refractivity contribution < 1.29 is 19.2 Å². The van der Waals surface area contributed by atoms with E-state index >= 15 is 0 Å². The minimum atomic E-state index is -1.11. The van der Waals surface area contributed by atoms with Crippen LogP contribution >= 0.6 is 0 Å². The van der Waals surface area contributed by atoms with Gasteiger partial charge in [-0.05, 0) is 18.6 Å². The van der Waals surface area contributed by atoms with Gasteiger partial charge in [-0.2, -0.15) is 0 Å². The number of ketones is 1. The second-order valence-electron chi connectivity index (χ2n) is 6.94. The molecular formula is C22H20N4O7. The highest BCUT2D eigenvalue weighted by Crippen LogP contribution is 2.19. The van der Waals surface area contributed by atoms with Crippen molar-refractivity contribution in [2.75, 3.05) is 12.3 Å². The smallest absolute Gasteiger partial charge is 0.345 e. The van der Waals surface area contributed by atoms with Crippen LogP contribution in [0, 0.1) is 10.1 Å². The van der Waals surface area contributed by atoms with E-state index in [0.29, 0.717) is 5.56 Å². The normalized spacial score (nSPS) is 10.6. The summed E-state index contributed by atoms with van der Waals surface area (Å²) in [5.41, 5.74) is 3.84. The SMILES string of the molecule is CCn1c(=O)c(C(=O)COC(=O)c2ccccc2[N+](=O)[O-])c(N)n(Cc2ccccc2)c1=O. The number of benzene rings is 2. The van der Waals surface area contributed by atoms with Crippen LogP contribution in [-0.2, 0) is 17.8 Å². The standard InChI is InChI=1S/C22H20N4O7/c1-2-24-20(28)18(19(23)25(22(24)30)12-14-8-4-3-5-9-14)17(27)13-33-21(29)15-10-6-7-11-16(15)26(31)32/h3-11H,2,12-13,23H2,1H3. The van der Waals surface area contributed by atoms with Gasteiger partial charge in [0.2, 0.25) is 5.78 Å². The molecule has 0 aliphatic rings. The Bertz CT molecular complexity index is 1340. The lowest BCUT2D eigenvalue weighted by Crippen LogP contribution is -2.44. The molecule has 0 atom stereocenters. The molecule has 0 fully saturated rings. The average molecular weight is 452 g/mol. The maximum absolute atomic E-state index is 12.8. The van der Waals surface area contributed by atoms with Crippen molar-refractivity contribution in [2.24, 2.45) is 0 Å². The Kier molecular flexibility index (Phi) is 6.82. The van der Waals surface area contributed by atoms with Gasteiger partial charge >= 0.3 is 11.7 Å². The van der Waals surface area contributed by atoms with E-state index in [1.54, 1.807) is 37.3 Å². The molecular weight excluding hydrogens is 432 g/mol. The summed E-state index contributed by atoms with van der Waals surface area (Å²) in [4.78, 5) is 61.0. The highest BCUT2D eigenvalue weighted by molar-refractivity contribution is 6.02. The Morgan fingerprint density at radius 1 is 1.03 bits per heavy atom. The van der Waals surface area contributed by atoms with E-state index < -0.39 is 45.8 Å². The van der Waals surface area contributed by atoms with Crippen LogP contribution in [0.1, 0.15) is 33.2 Å². The fourth-order valence-corrected chi connectivity index (χ4v) is 3.26. The molecule has 3 rings (SSSR count). The average Bonchev–Trinajstić information content (AvgIpc) is 2.81. The van der Waals surface area contributed by atoms with Crippen LogP contribution in [0.5, 0.6) is 0 Å². The van der Waals surface area contributed by atoms with Crippen molar-refractivity contribution in [1.29, 1.82) is 0 Å². The first-order valence-corrected chi connectivity index (χ1v) is 9.87. The zero-order valence-corrected chi connectivity index (χ0v) is 17.6. The summed E-state index contributed by atoms with van der Waals surface area (Å²) in [7, 11) is 0. The molecule has 0 spiro atoms. The number of rotatable bonds is 8. The Morgan fingerprint density at radius 3 is 2.30 bits per heavy atom. The second-order valence-corrected chi connectivity index (χ2v) is 6.94. The second kappa shape index (κ2) is 9.73. The molecule has 1 aromatic heterocycles. The predicted molar refractivity (Wildman–Crippen MR) is 118 cm³/mol. The molecule has 0 aliphatic heterocycles. The molecule has 0 bridgehead atoms. The summed E-state index contributed by atoms with van der Waals surface area (Å²) in [5.74, 6) is -2.40. The highest BCUT2D eigenvalue weighted by atomic mass is 16.6. The molecule has 11 heteroatoms. The van der Waals surface area contributed by atoms with Crippen LogP contribution in [-0.4, -0.2) is 32.4 Å². The van der Waals surface area contributed by atoms with Gasteiger partial charge in [-0.25, -0.2) is 9.59 Å². The molecule has 3 aromatic rings. The molecule has 2 N–H and O–H groups in total. The number of nitrogen functional groups attached to an aromatic ring is 1. The first-order valence-electron chi connectivity index (χ1n) is 9.87. The number of nitro benzene ring substituents is 1. The van der Waals surface area contributed by atoms with E-state index in [9.17, 15) is 29.3 Å². The molecule has 0 amide bonds. The number of Topliss-reactive ketones (excluding diaryl/α,β-unsaturated/α-hetero) is 1. The van der Waals surface area contributed by atoms with Crippen molar-refractivity contribution in [3.63, 3.8) is 0 Å². The first-order chi connectivity index (χ1) is 15.8. The number of carbonyl (C=O) groups is 2. The van der Waals surface area contributed by atoms with E-state index in [0.717, 1.165) is 15.2 Å². The zero-order chi connectivity index (χ0) is 24.1. The number of carbonyl (C=O) groups excluding carboxylic acids is 2. The van der Waals surface area contributed by atoms with Gasteiger partial charge in [-0.15, -0.1) is 0 Å². The Balaban J connectivity index is 1.94. The third-order valence-electron chi connectivity index (χ3n) is 4.90. The monoisotopic (exact) mass is 452 g/mol. The fraction of sp³-hybridized carbons (Fsp3) is 0.182. The van der Waals surface area contributed by atoms with Crippen molar-refractivity contribution in [2.45, 2.75) is 20.0 Å². The maximum atomic E-state index is 12.8. The Labute approximate surface area is 186 Å². The number of para-hydroxylation sites is 1. The van der Waals surface area contributed by atoms with Gasteiger partial charge in [0.1, 0.15) is 16.9 Å². The number of ether oxygens (including phenoxy) is 1. The summed E-state index contributed by atoms with van der Waals surface area (Å²) in [6, 6.07) is 13.9. The summed E-state index contributed by atoms with van der Waals surface area (Å²) in [6.45, 7) is 0.678. The van der Waals surface area contributed by atoms with Crippen molar-refractivity contribution in [3.05, 3.63) is 102 Å². The van der Waals surface area contributed by atoms with E-state index in [-0.39, 0.29) is 24.5 Å². The number of nitro groups is 1. The lowest BCUT2D eigenvalue weighted by atomic mass is 10.1. The minimum Gasteiger partial charge on any atom is -0.453 e. The lowest BCUT2D eigenvalue weighted by Gasteiger charge is -2.16.